The molecule has 2 aromatic rings. The number of primary amides is 1. The van der Waals surface area contributed by atoms with Crippen LogP contribution in [0.5, 0.6) is 11.5 Å². The van der Waals surface area contributed by atoms with E-state index in [4.69, 9.17) is 15.2 Å². The van der Waals surface area contributed by atoms with E-state index in [1.807, 2.05) is 31.2 Å². The highest BCUT2D eigenvalue weighted by Crippen LogP contribution is 2.19. The molecular formula is C23H31N3O5. The molecule has 8 heteroatoms. The van der Waals surface area contributed by atoms with Gasteiger partial charge in [0.2, 0.25) is 5.91 Å². The molecule has 0 bridgehead atoms. The average Bonchev–Trinajstić information content (AvgIpc) is 2.78. The number of rotatable bonds is 13. The van der Waals surface area contributed by atoms with Gasteiger partial charge in [0.15, 0.2) is 0 Å². The van der Waals surface area contributed by atoms with Crippen molar-refractivity contribution in [1.29, 1.82) is 0 Å². The van der Waals surface area contributed by atoms with Crippen LogP contribution in [0.25, 0.3) is 0 Å². The molecule has 0 aromatic heterocycles. The van der Waals surface area contributed by atoms with Crippen LogP contribution in [-0.4, -0.2) is 55.9 Å². The first-order valence-electron chi connectivity index (χ1n) is 10.2. The predicted molar refractivity (Wildman–Crippen MR) is 118 cm³/mol. The van der Waals surface area contributed by atoms with Gasteiger partial charge < -0.3 is 30.9 Å². The number of amides is 2. The normalized spacial score (nSPS) is 12.6. The fraction of sp³-hybridized carbons (Fsp3) is 0.391. The number of aliphatic hydroxyl groups is 1. The summed E-state index contributed by atoms with van der Waals surface area (Å²) in [5, 5.41) is 16.0. The second-order valence-electron chi connectivity index (χ2n) is 7.26. The van der Waals surface area contributed by atoms with Gasteiger partial charge in [-0.3, -0.25) is 9.59 Å². The Morgan fingerprint density at radius 1 is 1.06 bits per heavy atom. The number of carbonyl (C=O) groups is 2. The van der Waals surface area contributed by atoms with Crippen LogP contribution in [0.3, 0.4) is 0 Å². The Labute approximate surface area is 182 Å². The largest absolute Gasteiger partial charge is 0.492 e. The van der Waals surface area contributed by atoms with Gasteiger partial charge in [-0.25, -0.2) is 0 Å². The predicted octanol–water partition coefficient (Wildman–Crippen LogP) is 1.26. The summed E-state index contributed by atoms with van der Waals surface area (Å²) >= 11 is 0. The van der Waals surface area contributed by atoms with Crippen molar-refractivity contribution < 1.29 is 24.2 Å². The van der Waals surface area contributed by atoms with E-state index in [1.54, 1.807) is 31.3 Å². The maximum atomic E-state index is 11.5. The number of hydrogen-bond acceptors (Lipinski definition) is 6. The first-order valence-corrected chi connectivity index (χ1v) is 10.2. The van der Waals surface area contributed by atoms with Crippen LogP contribution in [-0.2, 0) is 11.2 Å². The van der Waals surface area contributed by atoms with Crippen LogP contribution in [0.4, 0.5) is 0 Å². The maximum Gasteiger partial charge on any atom is 0.251 e. The third-order valence-corrected chi connectivity index (χ3v) is 4.59. The summed E-state index contributed by atoms with van der Waals surface area (Å²) < 4.78 is 11.4. The Bertz CT molecular complexity index is 841. The Hall–Kier alpha value is -3.10. The second kappa shape index (κ2) is 12.6. The lowest BCUT2D eigenvalue weighted by atomic mass is 10.1. The summed E-state index contributed by atoms with van der Waals surface area (Å²) in [6.07, 6.45) is 0.0352. The van der Waals surface area contributed by atoms with Crippen molar-refractivity contribution in [3.63, 3.8) is 0 Å². The van der Waals surface area contributed by atoms with Crippen LogP contribution in [0.2, 0.25) is 0 Å². The summed E-state index contributed by atoms with van der Waals surface area (Å²) in [5.74, 6) is 0.795. The van der Waals surface area contributed by atoms with E-state index in [-0.39, 0.29) is 30.9 Å². The highest BCUT2D eigenvalue weighted by Gasteiger charge is 2.11. The molecule has 2 atom stereocenters. The van der Waals surface area contributed by atoms with Gasteiger partial charge in [-0.05, 0) is 49.2 Å². The summed E-state index contributed by atoms with van der Waals surface area (Å²) in [6.45, 7) is 2.81. The number of benzene rings is 2. The van der Waals surface area contributed by atoms with Crippen molar-refractivity contribution in [3.05, 3.63) is 59.7 Å². The molecule has 0 aliphatic carbocycles. The SMILES string of the molecule is CNC(=O)c1ccc(OCC(C)NCC(O)COc2ccccc2CCC(N)=O)cc1. The third kappa shape index (κ3) is 8.65. The minimum absolute atomic E-state index is 0.00359. The van der Waals surface area contributed by atoms with Gasteiger partial charge in [0.05, 0.1) is 0 Å². The number of ether oxygens (including phenoxy) is 2. The summed E-state index contributed by atoms with van der Waals surface area (Å²) in [5.41, 5.74) is 6.66. The van der Waals surface area contributed by atoms with Gasteiger partial charge in [0, 0.05) is 31.6 Å². The molecule has 2 rings (SSSR count). The van der Waals surface area contributed by atoms with E-state index < -0.39 is 6.10 Å². The highest BCUT2D eigenvalue weighted by molar-refractivity contribution is 5.94. The molecule has 0 saturated carbocycles. The van der Waals surface area contributed by atoms with E-state index in [9.17, 15) is 14.7 Å². The van der Waals surface area contributed by atoms with Crippen molar-refractivity contribution in [2.75, 3.05) is 26.8 Å². The quantitative estimate of drug-likeness (QED) is 0.380. The number of nitrogens with one attached hydrogen (secondary N) is 2. The van der Waals surface area contributed by atoms with E-state index in [0.29, 0.717) is 36.6 Å². The zero-order chi connectivity index (χ0) is 22.6. The van der Waals surface area contributed by atoms with Crippen molar-refractivity contribution in [3.8, 4) is 11.5 Å². The van der Waals surface area contributed by atoms with Crippen LogP contribution in [0, 0.1) is 0 Å². The van der Waals surface area contributed by atoms with Crippen molar-refractivity contribution >= 4 is 11.8 Å². The molecule has 0 aliphatic heterocycles. The molecule has 8 nitrogen and oxygen atoms in total. The summed E-state index contributed by atoms with van der Waals surface area (Å²) in [7, 11) is 1.59. The third-order valence-electron chi connectivity index (χ3n) is 4.59. The van der Waals surface area contributed by atoms with Crippen LogP contribution >= 0.6 is 0 Å². The van der Waals surface area contributed by atoms with Crippen LogP contribution in [0.1, 0.15) is 29.3 Å². The van der Waals surface area contributed by atoms with Gasteiger partial charge in [-0.1, -0.05) is 18.2 Å². The molecular weight excluding hydrogens is 398 g/mol. The molecule has 0 saturated heterocycles. The minimum atomic E-state index is -0.710. The zero-order valence-electron chi connectivity index (χ0n) is 18.0. The summed E-state index contributed by atoms with van der Waals surface area (Å²) in [6, 6.07) is 14.3. The zero-order valence-corrected chi connectivity index (χ0v) is 18.0. The number of nitrogens with two attached hydrogens (primary N) is 1. The number of aryl methyl sites for hydroxylation is 1. The maximum absolute atomic E-state index is 11.5. The molecule has 5 N–H and O–H groups in total. The Kier molecular flexibility index (Phi) is 9.80. The van der Waals surface area contributed by atoms with Crippen molar-refractivity contribution in [2.24, 2.45) is 5.73 Å². The van der Waals surface area contributed by atoms with Gasteiger partial charge >= 0.3 is 0 Å². The lowest BCUT2D eigenvalue weighted by Crippen LogP contribution is -2.39. The van der Waals surface area contributed by atoms with E-state index in [0.717, 1.165) is 5.56 Å². The molecule has 0 fully saturated rings. The number of aliphatic hydroxyl groups excluding tert-OH is 1. The number of para-hydroxylation sites is 1. The molecule has 0 spiro atoms. The Morgan fingerprint density at radius 2 is 1.77 bits per heavy atom. The molecule has 0 radical (unpaired) electrons. The second-order valence-corrected chi connectivity index (χ2v) is 7.26. The molecule has 168 valence electrons. The van der Waals surface area contributed by atoms with Gasteiger partial charge in [0.1, 0.15) is 30.8 Å². The van der Waals surface area contributed by atoms with Gasteiger partial charge in [0.25, 0.3) is 5.91 Å². The fourth-order valence-corrected chi connectivity index (χ4v) is 2.82. The first-order chi connectivity index (χ1) is 14.9. The Morgan fingerprint density at radius 3 is 2.45 bits per heavy atom. The van der Waals surface area contributed by atoms with Crippen molar-refractivity contribution in [2.45, 2.75) is 31.9 Å². The van der Waals surface area contributed by atoms with Crippen LogP contribution < -0.4 is 25.8 Å². The standard InChI is InChI=1S/C23H31N3O5/c1-16(14-30-20-10-7-18(8-11-20)23(29)25-2)26-13-19(27)15-31-21-6-4-3-5-17(21)9-12-22(24)28/h3-8,10-11,16,19,26-27H,9,12-15H2,1-2H3,(H2,24,28)(H,25,29). The molecule has 2 unspecified atom stereocenters. The monoisotopic (exact) mass is 429 g/mol. The summed E-state index contributed by atoms with van der Waals surface area (Å²) in [4.78, 5) is 22.6. The van der Waals surface area contributed by atoms with E-state index in [2.05, 4.69) is 10.6 Å². The average molecular weight is 430 g/mol. The van der Waals surface area contributed by atoms with Crippen molar-refractivity contribution in [1.82, 2.24) is 10.6 Å². The molecule has 31 heavy (non-hydrogen) atoms. The number of hydrogen-bond donors (Lipinski definition) is 4. The van der Waals surface area contributed by atoms with Gasteiger partial charge in [-0.2, -0.15) is 0 Å². The molecule has 0 heterocycles. The first kappa shape index (κ1) is 24.2. The highest BCUT2D eigenvalue weighted by atomic mass is 16.5. The smallest absolute Gasteiger partial charge is 0.251 e. The van der Waals surface area contributed by atoms with Crippen LogP contribution in [0.15, 0.2) is 48.5 Å². The van der Waals surface area contributed by atoms with Gasteiger partial charge in [-0.15, -0.1) is 0 Å². The topological polar surface area (TPSA) is 123 Å². The lowest BCUT2D eigenvalue weighted by molar-refractivity contribution is -0.118. The lowest BCUT2D eigenvalue weighted by Gasteiger charge is -2.19. The Balaban J connectivity index is 1.71. The molecule has 0 aliphatic rings. The number of carbonyl (C=O) groups excluding carboxylic acids is 2. The van der Waals surface area contributed by atoms with E-state index in [1.165, 1.54) is 0 Å². The van der Waals surface area contributed by atoms with E-state index >= 15 is 0 Å². The molecule has 2 amide bonds. The minimum Gasteiger partial charge on any atom is -0.492 e. The fourth-order valence-electron chi connectivity index (χ4n) is 2.82. The molecule has 2 aromatic carbocycles.